The fraction of sp³-hybridized carbons (Fsp3) is 1.00. The SMILES string of the molecule is CC(C)CN1CCN(CCN2CCCC2)CC1. The maximum Gasteiger partial charge on any atom is 0.0110 e. The van der Waals surface area contributed by atoms with Gasteiger partial charge in [0, 0.05) is 45.8 Å². The van der Waals surface area contributed by atoms with Crippen LogP contribution < -0.4 is 0 Å². The molecule has 2 rings (SSSR count). The second-order valence-electron chi connectivity index (χ2n) is 6.08. The summed E-state index contributed by atoms with van der Waals surface area (Å²) >= 11 is 0. The first kappa shape index (κ1) is 13.3. The van der Waals surface area contributed by atoms with Crippen molar-refractivity contribution < 1.29 is 0 Å². The summed E-state index contributed by atoms with van der Waals surface area (Å²) in [6.07, 6.45) is 2.84. The number of nitrogens with zero attached hydrogens (tertiary/aromatic N) is 3. The molecule has 0 aromatic carbocycles. The lowest BCUT2D eigenvalue weighted by molar-refractivity contribution is 0.114. The Hall–Kier alpha value is -0.120. The Morgan fingerprint density at radius 3 is 1.71 bits per heavy atom. The van der Waals surface area contributed by atoms with E-state index >= 15 is 0 Å². The Morgan fingerprint density at radius 1 is 0.706 bits per heavy atom. The van der Waals surface area contributed by atoms with Gasteiger partial charge in [-0.25, -0.2) is 0 Å². The van der Waals surface area contributed by atoms with E-state index in [1.165, 1.54) is 71.7 Å². The molecule has 0 saturated carbocycles. The minimum Gasteiger partial charge on any atom is -0.302 e. The van der Waals surface area contributed by atoms with E-state index in [4.69, 9.17) is 0 Å². The summed E-state index contributed by atoms with van der Waals surface area (Å²) in [6.45, 7) is 16.3. The standard InChI is InChI=1S/C14H29N3/c1-14(2)13-17-11-9-16(10-12-17)8-7-15-5-3-4-6-15/h14H,3-13H2,1-2H3. The van der Waals surface area contributed by atoms with Gasteiger partial charge in [-0.2, -0.15) is 0 Å². The Kier molecular flexibility index (Phi) is 5.26. The molecule has 3 nitrogen and oxygen atoms in total. The van der Waals surface area contributed by atoms with Crippen molar-refractivity contribution in [2.45, 2.75) is 26.7 Å². The highest BCUT2D eigenvalue weighted by Gasteiger charge is 2.18. The molecular formula is C14H29N3. The van der Waals surface area contributed by atoms with Crippen molar-refractivity contribution in [2.75, 3.05) is 58.9 Å². The fourth-order valence-electron chi connectivity index (χ4n) is 3.00. The first-order valence-electron chi connectivity index (χ1n) is 7.41. The average molecular weight is 239 g/mol. The Labute approximate surface area is 107 Å². The predicted molar refractivity (Wildman–Crippen MR) is 73.4 cm³/mol. The third kappa shape index (κ3) is 4.57. The molecule has 0 aliphatic carbocycles. The summed E-state index contributed by atoms with van der Waals surface area (Å²) in [5.41, 5.74) is 0. The first-order valence-corrected chi connectivity index (χ1v) is 7.41. The monoisotopic (exact) mass is 239 g/mol. The van der Waals surface area contributed by atoms with E-state index in [0.717, 1.165) is 5.92 Å². The van der Waals surface area contributed by atoms with Crippen LogP contribution in [0.5, 0.6) is 0 Å². The molecule has 0 unspecified atom stereocenters. The van der Waals surface area contributed by atoms with Crippen LogP contribution in [0.1, 0.15) is 26.7 Å². The van der Waals surface area contributed by atoms with Gasteiger partial charge in [0.15, 0.2) is 0 Å². The van der Waals surface area contributed by atoms with Crippen LogP contribution in [0.2, 0.25) is 0 Å². The molecule has 2 heterocycles. The molecule has 2 aliphatic heterocycles. The molecule has 17 heavy (non-hydrogen) atoms. The molecular weight excluding hydrogens is 210 g/mol. The molecule has 0 amide bonds. The molecule has 0 aromatic heterocycles. The van der Waals surface area contributed by atoms with Crippen molar-refractivity contribution in [3.8, 4) is 0 Å². The Bertz CT molecular complexity index is 204. The van der Waals surface area contributed by atoms with Gasteiger partial charge in [0.25, 0.3) is 0 Å². The highest BCUT2D eigenvalue weighted by atomic mass is 15.3. The Morgan fingerprint density at radius 2 is 1.18 bits per heavy atom. The van der Waals surface area contributed by atoms with Crippen LogP contribution in [0.3, 0.4) is 0 Å². The molecule has 0 radical (unpaired) electrons. The van der Waals surface area contributed by atoms with E-state index in [0.29, 0.717) is 0 Å². The van der Waals surface area contributed by atoms with E-state index in [-0.39, 0.29) is 0 Å². The minimum absolute atomic E-state index is 0.811. The molecule has 0 spiro atoms. The lowest BCUT2D eigenvalue weighted by Crippen LogP contribution is -2.49. The fourth-order valence-corrected chi connectivity index (χ4v) is 3.00. The van der Waals surface area contributed by atoms with Crippen LogP contribution in [-0.4, -0.2) is 73.6 Å². The summed E-state index contributed by atoms with van der Waals surface area (Å²) in [5.74, 6) is 0.811. The maximum atomic E-state index is 2.65. The Balaban J connectivity index is 1.58. The molecule has 3 heteroatoms. The number of piperazine rings is 1. The van der Waals surface area contributed by atoms with Crippen LogP contribution in [0.25, 0.3) is 0 Å². The van der Waals surface area contributed by atoms with Crippen molar-refractivity contribution in [3.63, 3.8) is 0 Å². The van der Waals surface area contributed by atoms with Crippen molar-refractivity contribution >= 4 is 0 Å². The molecule has 2 fully saturated rings. The van der Waals surface area contributed by atoms with Crippen LogP contribution in [0.15, 0.2) is 0 Å². The zero-order valence-electron chi connectivity index (χ0n) is 11.7. The van der Waals surface area contributed by atoms with Crippen LogP contribution in [0.4, 0.5) is 0 Å². The highest BCUT2D eigenvalue weighted by molar-refractivity contribution is 4.74. The van der Waals surface area contributed by atoms with E-state index in [1.807, 2.05) is 0 Å². The molecule has 0 aromatic rings. The quantitative estimate of drug-likeness (QED) is 0.717. The van der Waals surface area contributed by atoms with E-state index in [2.05, 4.69) is 28.5 Å². The summed E-state index contributed by atoms with van der Waals surface area (Å²) in [5, 5.41) is 0. The predicted octanol–water partition coefficient (Wildman–Crippen LogP) is 1.36. The molecule has 0 N–H and O–H groups in total. The van der Waals surface area contributed by atoms with Gasteiger partial charge < -0.3 is 9.80 Å². The number of hydrogen-bond acceptors (Lipinski definition) is 3. The van der Waals surface area contributed by atoms with Gasteiger partial charge in [0.2, 0.25) is 0 Å². The van der Waals surface area contributed by atoms with Gasteiger partial charge in [0.05, 0.1) is 0 Å². The van der Waals surface area contributed by atoms with E-state index in [9.17, 15) is 0 Å². The summed E-state index contributed by atoms with van der Waals surface area (Å²) in [7, 11) is 0. The number of rotatable bonds is 5. The zero-order valence-corrected chi connectivity index (χ0v) is 11.7. The zero-order chi connectivity index (χ0) is 12.1. The second kappa shape index (κ2) is 6.72. The van der Waals surface area contributed by atoms with E-state index < -0.39 is 0 Å². The minimum atomic E-state index is 0.811. The molecule has 2 saturated heterocycles. The first-order chi connectivity index (χ1) is 8.24. The number of hydrogen-bond donors (Lipinski definition) is 0. The molecule has 2 aliphatic rings. The summed E-state index contributed by atoms with van der Waals surface area (Å²) in [4.78, 5) is 7.90. The van der Waals surface area contributed by atoms with Gasteiger partial charge in [-0.05, 0) is 31.8 Å². The van der Waals surface area contributed by atoms with Gasteiger partial charge in [-0.1, -0.05) is 13.8 Å². The smallest absolute Gasteiger partial charge is 0.0110 e. The second-order valence-corrected chi connectivity index (χ2v) is 6.08. The molecule has 100 valence electrons. The van der Waals surface area contributed by atoms with Gasteiger partial charge in [-0.15, -0.1) is 0 Å². The van der Waals surface area contributed by atoms with Gasteiger partial charge in [-0.3, -0.25) is 4.90 Å². The normalized spacial score (nSPS) is 24.9. The average Bonchev–Trinajstić information content (AvgIpc) is 2.80. The molecule has 0 atom stereocenters. The highest BCUT2D eigenvalue weighted by Crippen LogP contribution is 2.08. The molecule has 0 bridgehead atoms. The third-order valence-corrected chi connectivity index (χ3v) is 4.02. The summed E-state index contributed by atoms with van der Waals surface area (Å²) in [6, 6.07) is 0. The van der Waals surface area contributed by atoms with E-state index in [1.54, 1.807) is 0 Å². The van der Waals surface area contributed by atoms with Crippen LogP contribution >= 0.6 is 0 Å². The number of likely N-dealkylation sites (tertiary alicyclic amines) is 1. The summed E-state index contributed by atoms with van der Waals surface area (Å²) < 4.78 is 0. The van der Waals surface area contributed by atoms with Crippen LogP contribution in [0, 0.1) is 5.92 Å². The van der Waals surface area contributed by atoms with Crippen molar-refractivity contribution in [1.29, 1.82) is 0 Å². The largest absolute Gasteiger partial charge is 0.302 e. The lowest BCUT2D eigenvalue weighted by atomic mass is 10.2. The lowest BCUT2D eigenvalue weighted by Gasteiger charge is -2.36. The van der Waals surface area contributed by atoms with Gasteiger partial charge >= 0.3 is 0 Å². The van der Waals surface area contributed by atoms with Gasteiger partial charge in [0.1, 0.15) is 0 Å². The van der Waals surface area contributed by atoms with Crippen molar-refractivity contribution in [3.05, 3.63) is 0 Å². The topological polar surface area (TPSA) is 9.72 Å². The maximum absolute atomic E-state index is 2.65. The third-order valence-electron chi connectivity index (χ3n) is 4.02. The van der Waals surface area contributed by atoms with Crippen molar-refractivity contribution in [1.82, 2.24) is 14.7 Å². The van der Waals surface area contributed by atoms with Crippen molar-refractivity contribution in [2.24, 2.45) is 5.92 Å². The van der Waals surface area contributed by atoms with Crippen LogP contribution in [-0.2, 0) is 0 Å².